The molecule has 1 saturated heterocycles. The lowest BCUT2D eigenvalue weighted by Crippen LogP contribution is -2.40. The minimum atomic E-state index is 0.746. The smallest absolute Gasteiger partial charge is 0.122 e. The molecule has 1 aromatic carbocycles. The van der Waals surface area contributed by atoms with Crippen molar-refractivity contribution in [2.45, 2.75) is 27.2 Å². The Morgan fingerprint density at radius 3 is 2.60 bits per heavy atom. The van der Waals surface area contributed by atoms with Crippen molar-refractivity contribution in [2.24, 2.45) is 11.8 Å². The Morgan fingerprint density at radius 2 is 2.00 bits per heavy atom. The molecule has 0 spiro atoms. The zero-order valence-electron chi connectivity index (χ0n) is 12.9. The summed E-state index contributed by atoms with van der Waals surface area (Å²) in [5.74, 6) is 5.20. The van der Waals surface area contributed by atoms with Gasteiger partial charge in [0.25, 0.3) is 0 Å². The molecule has 1 fully saturated rings. The number of piperidine rings is 1. The molecule has 0 radical (unpaired) electrons. The van der Waals surface area contributed by atoms with Crippen LogP contribution in [-0.4, -0.2) is 31.1 Å². The van der Waals surface area contributed by atoms with Gasteiger partial charge in [0.05, 0.1) is 0 Å². The summed E-state index contributed by atoms with van der Waals surface area (Å²) < 4.78 is 5.90. The molecule has 0 N–H and O–H groups in total. The molecule has 0 bridgehead atoms. The van der Waals surface area contributed by atoms with Gasteiger partial charge in [0.2, 0.25) is 0 Å². The average molecular weight is 271 g/mol. The Morgan fingerprint density at radius 1 is 1.30 bits per heavy atom. The van der Waals surface area contributed by atoms with Crippen LogP contribution in [0.3, 0.4) is 0 Å². The minimum Gasteiger partial charge on any atom is -0.492 e. The number of hydrogen-bond donors (Lipinski definition) is 0. The average Bonchev–Trinajstić information content (AvgIpc) is 2.39. The second-order valence-corrected chi connectivity index (χ2v) is 6.18. The molecule has 20 heavy (non-hydrogen) atoms. The number of hydrogen-bond acceptors (Lipinski definition) is 2. The van der Waals surface area contributed by atoms with Crippen molar-refractivity contribution >= 4 is 0 Å². The summed E-state index contributed by atoms with van der Waals surface area (Å²) in [6.45, 7) is 10.9. The lowest BCUT2D eigenvalue weighted by atomic mass is 9.92. The Bertz CT molecular complexity index is 479. The van der Waals surface area contributed by atoms with Gasteiger partial charge in [-0.3, -0.25) is 4.90 Å². The van der Waals surface area contributed by atoms with E-state index in [0.29, 0.717) is 0 Å². The largest absolute Gasteiger partial charge is 0.492 e. The van der Waals surface area contributed by atoms with Crippen LogP contribution in [0.15, 0.2) is 18.2 Å². The van der Waals surface area contributed by atoms with Gasteiger partial charge >= 0.3 is 0 Å². The van der Waals surface area contributed by atoms with Crippen LogP contribution in [0.1, 0.15) is 31.4 Å². The third-order valence-corrected chi connectivity index (χ3v) is 3.95. The fourth-order valence-corrected chi connectivity index (χ4v) is 3.16. The molecular weight excluding hydrogens is 246 g/mol. The van der Waals surface area contributed by atoms with E-state index in [1.807, 2.05) is 25.1 Å². The molecule has 2 rings (SSSR count). The molecule has 2 atom stereocenters. The first-order chi connectivity index (χ1) is 9.58. The maximum atomic E-state index is 5.90. The van der Waals surface area contributed by atoms with Crippen molar-refractivity contribution in [1.29, 1.82) is 0 Å². The van der Waals surface area contributed by atoms with Crippen LogP contribution in [0.25, 0.3) is 0 Å². The second-order valence-electron chi connectivity index (χ2n) is 6.18. The molecule has 1 aliphatic heterocycles. The number of ether oxygens (including phenoxy) is 1. The van der Waals surface area contributed by atoms with Gasteiger partial charge in [-0.2, -0.15) is 0 Å². The molecule has 2 heteroatoms. The summed E-state index contributed by atoms with van der Waals surface area (Å²) >= 11 is 0. The first kappa shape index (κ1) is 14.9. The van der Waals surface area contributed by atoms with Crippen LogP contribution in [0.5, 0.6) is 5.75 Å². The molecule has 1 heterocycles. The first-order valence-electron chi connectivity index (χ1n) is 7.51. The highest BCUT2D eigenvalue weighted by molar-refractivity contribution is 5.42. The van der Waals surface area contributed by atoms with Crippen molar-refractivity contribution in [2.75, 3.05) is 26.2 Å². The van der Waals surface area contributed by atoms with Gasteiger partial charge in [-0.25, -0.2) is 0 Å². The number of aryl methyl sites for hydroxylation is 1. The minimum absolute atomic E-state index is 0.746. The van der Waals surface area contributed by atoms with Gasteiger partial charge in [-0.05, 0) is 48.9 Å². The number of likely N-dealkylation sites (tertiary alicyclic amines) is 1. The summed E-state index contributed by atoms with van der Waals surface area (Å²) in [5, 5.41) is 0. The number of nitrogens with zero attached hydrogens (tertiary/aromatic N) is 1. The van der Waals surface area contributed by atoms with Crippen molar-refractivity contribution < 1.29 is 4.74 Å². The zero-order chi connectivity index (χ0) is 14.5. The summed E-state index contributed by atoms with van der Waals surface area (Å²) in [7, 11) is 0. The normalized spacial score (nSPS) is 23.3. The van der Waals surface area contributed by atoms with E-state index < -0.39 is 0 Å². The highest BCUT2D eigenvalue weighted by Crippen LogP contribution is 2.21. The molecule has 0 amide bonds. The summed E-state index contributed by atoms with van der Waals surface area (Å²) in [4.78, 5) is 2.52. The Hall–Kier alpha value is -1.46. The number of terminal acetylenes is 1. The summed E-state index contributed by atoms with van der Waals surface area (Å²) in [6, 6.07) is 5.92. The molecule has 108 valence electrons. The van der Waals surface area contributed by atoms with E-state index in [0.717, 1.165) is 41.9 Å². The van der Waals surface area contributed by atoms with Crippen LogP contribution in [-0.2, 0) is 0 Å². The van der Waals surface area contributed by atoms with Crippen LogP contribution in [0.2, 0.25) is 0 Å². The van der Waals surface area contributed by atoms with Crippen LogP contribution in [0, 0.1) is 31.1 Å². The standard InChI is InChI=1S/C18H25NO/c1-5-17-6-7-18(16(4)11-17)20-9-8-19-12-14(2)10-15(3)13-19/h1,6-7,11,14-15H,8-10,12-13H2,2-4H3. The lowest BCUT2D eigenvalue weighted by Gasteiger charge is -2.34. The Kier molecular flexibility index (Phi) is 5.09. The number of rotatable bonds is 4. The fourth-order valence-electron chi connectivity index (χ4n) is 3.16. The van der Waals surface area contributed by atoms with Crippen molar-refractivity contribution in [1.82, 2.24) is 4.90 Å². The van der Waals surface area contributed by atoms with Crippen molar-refractivity contribution in [3.8, 4) is 18.1 Å². The van der Waals surface area contributed by atoms with E-state index in [1.54, 1.807) is 0 Å². The quantitative estimate of drug-likeness (QED) is 0.779. The van der Waals surface area contributed by atoms with E-state index in [2.05, 4.69) is 24.7 Å². The van der Waals surface area contributed by atoms with E-state index in [1.165, 1.54) is 19.5 Å². The molecule has 0 saturated carbocycles. The second kappa shape index (κ2) is 6.81. The SMILES string of the molecule is C#Cc1ccc(OCCN2CC(C)CC(C)C2)c(C)c1. The van der Waals surface area contributed by atoms with E-state index in [-0.39, 0.29) is 0 Å². The Balaban J connectivity index is 1.82. The number of benzene rings is 1. The van der Waals surface area contributed by atoms with Crippen molar-refractivity contribution in [3.63, 3.8) is 0 Å². The van der Waals surface area contributed by atoms with Crippen molar-refractivity contribution in [3.05, 3.63) is 29.3 Å². The molecular formula is C18H25NO. The third kappa shape index (κ3) is 4.02. The van der Waals surface area contributed by atoms with E-state index >= 15 is 0 Å². The van der Waals surface area contributed by atoms with Gasteiger partial charge in [0.1, 0.15) is 12.4 Å². The maximum Gasteiger partial charge on any atom is 0.122 e. The first-order valence-corrected chi connectivity index (χ1v) is 7.51. The molecule has 2 unspecified atom stereocenters. The lowest BCUT2D eigenvalue weighted by molar-refractivity contribution is 0.120. The molecule has 1 aromatic rings. The van der Waals surface area contributed by atoms with Gasteiger partial charge in [0, 0.05) is 25.2 Å². The van der Waals surface area contributed by atoms with Crippen LogP contribution < -0.4 is 4.74 Å². The molecule has 0 aromatic heterocycles. The van der Waals surface area contributed by atoms with E-state index in [9.17, 15) is 0 Å². The Labute approximate surface area is 123 Å². The monoisotopic (exact) mass is 271 g/mol. The zero-order valence-corrected chi connectivity index (χ0v) is 12.9. The van der Waals surface area contributed by atoms with Crippen LogP contribution in [0.4, 0.5) is 0 Å². The highest BCUT2D eigenvalue weighted by Gasteiger charge is 2.21. The molecule has 0 aliphatic carbocycles. The highest BCUT2D eigenvalue weighted by atomic mass is 16.5. The topological polar surface area (TPSA) is 12.5 Å². The summed E-state index contributed by atoms with van der Waals surface area (Å²) in [6.07, 6.45) is 6.75. The van der Waals surface area contributed by atoms with Gasteiger partial charge < -0.3 is 4.74 Å². The molecule has 1 aliphatic rings. The molecule has 2 nitrogen and oxygen atoms in total. The maximum absolute atomic E-state index is 5.90. The third-order valence-electron chi connectivity index (χ3n) is 3.95. The van der Waals surface area contributed by atoms with Crippen LogP contribution >= 0.6 is 0 Å². The van der Waals surface area contributed by atoms with Gasteiger partial charge in [0.15, 0.2) is 0 Å². The van der Waals surface area contributed by atoms with E-state index in [4.69, 9.17) is 11.2 Å². The predicted molar refractivity (Wildman–Crippen MR) is 84.0 cm³/mol. The fraction of sp³-hybridized carbons (Fsp3) is 0.556. The van der Waals surface area contributed by atoms with Gasteiger partial charge in [-0.1, -0.05) is 19.8 Å². The van der Waals surface area contributed by atoms with Gasteiger partial charge in [-0.15, -0.1) is 6.42 Å². The predicted octanol–water partition coefficient (Wildman–Crippen LogP) is 3.33. The summed E-state index contributed by atoms with van der Waals surface area (Å²) in [5.41, 5.74) is 2.02.